The van der Waals surface area contributed by atoms with E-state index in [1.165, 1.54) is 27.2 Å². The van der Waals surface area contributed by atoms with Gasteiger partial charge in [-0.1, -0.05) is 12.1 Å². The Kier molecular flexibility index (Phi) is 5.51. The summed E-state index contributed by atoms with van der Waals surface area (Å²) in [6.45, 7) is 1.46. The number of para-hydroxylation sites is 2. The average Bonchev–Trinajstić information content (AvgIpc) is 2.85. The normalized spacial score (nSPS) is 16.7. The average molecular weight is 471 g/mol. The highest BCUT2D eigenvalue weighted by molar-refractivity contribution is 7.89. The van der Waals surface area contributed by atoms with E-state index in [0.717, 1.165) is 0 Å². The maximum absolute atomic E-state index is 13.1. The number of piperazine rings is 1. The van der Waals surface area contributed by atoms with Crippen LogP contribution in [0.1, 0.15) is 0 Å². The molecule has 1 aromatic heterocycles. The molecule has 2 aromatic carbocycles. The summed E-state index contributed by atoms with van der Waals surface area (Å²) in [5.74, 6) is 0.686. The quantitative estimate of drug-likeness (QED) is 0.552. The molecule has 1 fully saturated rings. The zero-order chi connectivity index (χ0) is 23.0. The van der Waals surface area contributed by atoms with E-state index in [1.807, 2.05) is 6.07 Å². The Labute approximate surface area is 190 Å². The smallest absolute Gasteiger partial charge is 0.269 e. The molecule has 10 nitrogen and oxygen atoms in total. The summed E-state index contributed by atoms with van der Waals surface area (Å²) in [6, 6.07) is 11.7. The van der Waals surface area contributed by atoms with Gasteiger partial charge in [-0.25, -0.2) is 13.4 Å². The predicted octanol–water partition coefficient (Wildman–Crippen LogP) is 0.701. The Balaban J connectivity index is 1.28. The van der Waals surface area contributed by atoms with E-state index in [-0.39, 0.29) is 49.1 Å². The standard InChI is InChI=1S/C22H22N4O6S/c27-21-14-23-17-3-1-2-4-18(17)26(21)15-22(28)24-7-9-25(10-8-24)33(29,30)16-5-6-19-20(13-16)32-12-11-31-19/h1-6,13-14H,7-12,15H2. The zero-order valence-corrected chi connectivity index (χ0v) is 18.5. The van der Waals surface area contributed by atoms with Gasteiger partial charge in [0, 0.05) is 32.2 Å². The summed E-state index contributed by atoms with van der Waals surface area (Å²) in [5.41, 5.74) is 0.847. The van der Waals surface area contributed by atoms with Crippen LogP contribution in [-0.4, -0.2) is 72.5 Å². The molecule has 5 rings (SSSR count). The first-order chi connectivity index (χ1) is 15.9. The van der Waals surface area contributed by atoms with Crippen LogP contribution in [-0.2, 0) is 21.4 Å². The van der Waals surface area contributed by atoms with Gasteiger partial charge in [0.25, 0.3) is 5.56 Å². The fourth-order valence-electron chi connectivity index (χ4n) is 4.02. The summed E-state index contributed by atoms with van der Waals surface area (Å²) in [5, 5.41) is 0. The summed E-state index contributed by atoms with van der Waals surface area (Å²) < 4.78 is 39.9. The van der Waals surface area contributed by atoms with Gasteiger partial charge in [-0.15, -0.1) is 0 Å². The molecular formula is C22H22N4O6S. The number of sulfonamides is 1. The summed E-state index contributed by atoms with van der Waals surface area (Å²) in [7, 11) is -3.74. The van der Waals surface area contributed by atoms with Crippen LogP contribution in [0.2, 0.25) is 0 Å². The van der Waals surface area contributed by atoms with Crippen LogP contribution in [0.4, 0.5) is 0 Å². The topological polar surface area (TPSA) is 111 Å². The minimum atomic E-state index is -3.74. The minimum Gasteiger partial charge on any atom is -0.486 e. The molecule has 2 aliphatic rings. The van der Waals surface area contributed by atoms with Crippen molar-refractivity contribution in [3.8, 4) is 11.5 Å². The predicted molar refractivity (Wildman–Crippen MR) is 119 cm³/mol. The van der Waals surface area contributed by atoms with E-state index in [1.54, 1.807) is 29.2 Å². The van der Waals surface area contributed by atoms with Gasteiger partial charge in [-0.3, -0.25) is 14.2 Å². The van der Waals surface area contributed by atoms with E-state index in [9.17, 15) is 18.0 Å². The molecule has 2 aliphatic heterocycles. The molecule has 1 amide bonds. The first kappa shape index (κ1) is 21.4. The second kappa shape index (κ2) is 8.49. The lowest BCUT2D eigenvalue weighted by molar-refractivity contribution is -0.133. The van der Waals surface area contributed by atoms with Crippen molar-refractivity contribution in [1.29, 1.82) is 0 Å². The molecule has 3 aromatic rings. The first-order valence-corrected chi connectivity index (χ1v) is 12.0. The van der Waals surface area contributed by atoms with Gasteiger partial charge >= 0.3 is 0 Å². The van der Waals surface area contributed by atoms with Crippen molar-refractivity contribution in [2.24, 2.45) is 0 Å². The van der Waals surface area contributed by atoms with Crippen LogP contribution >= 0.6 is 0 Å². The van der Waals surface area contributed by atoms with Gasteiger partial charge in [0.15, 0.2) is 11.5 Å². The number of fused-ring (bicyclic) bond motifs is 2. The maximum Gasteiger partial charge on any atom is 0.269 e. The van der Waals surface area contributed by atoms with Crippen LogP contribution in [0.15, 0.2) is 58.4 Å². The molecule has 172 valence electrons. The minimum absolute atomic E-state index is 0.126. The molecule has 0 N–H and O–H groups in total. The first-order valence-electron chi connectivity index (χ1n) is 10.6. The Bertz CT molecular complexity index is 1380. The number of ether oxygens (including phenoxy) is 2. The SMILES string of the molecule is O=C(Cn1c(=O)cnc2ccccc21)N1CCN(S(=O)(=O)c2ccc3c(c2)OCCO3)CC1. The largest absolute Gasteiger partial charge is 0.486 e. The van der Waals surface area contributed by atoms with Crippen LogP contribution in [0, 0.1) is 0 Å². The maximum atomic E-state index is 13.1. The van der Waals surface area contributed by atoms with Gasteiger partial charge in [0.2, 0.25) is 15.9 Å². The second-order valence-electron chi connectivity index (χ2n) is 7.76. The van der Waals surface area contributed by atoms with Crippen molar-refractivity contribution in [2.75, 3.05) is 39.4 Å². The molecule has 1 saturated heterocycles. The highest BCUT2D eigenvalue weighted by atomic mass is 32.2. The van der Waals surface area contributed by atoms with Crippen LogP contribution < -0.4 is 15.0 Å². The van der Waals surface area contributed by atoms with Crippen molar-refractivity contribution in [2.45, 2.75) is 11.4 Å². The van der Waals surface area contributed by atoms with E-state index < -0.39 is 10.0 Å². The Morgan fingerprint density at radius 2 is 1.70 bits per heavy atom. The molecule has 0 saturated carbocycles. The number of rotatable bonds is 4. The molecule has 0 spiro atoms. The molecule has 0 bridgehead atoms. The third-order valence-corrected chi connectivity index (χ3v) is 7.68. The molecular weight excluding hydrogens is 448 g/mol. The van der Waals surface area contributed by atoms with Crippen molar-refractivity contribution in [3.05, 3.63) is 59.0 Å². The number of hydrogen-bond donors (Lipinski definition) is 0. The van der Waals surface area contributed by atoms with Crippen molar-refractivity contribution in [1.82, 2.24) is 18.8 Å². The van der Waals surface area contributed by atoms with Gasteiger partial charge in [0.1, 0.15) is 19.8 Å². The van der Waals surface area contributed by atoms with Crippen LogP contribution in [0.25, 0.3) is 11.0 Å². The number of carbonyl (C=O) groups excluding carboxylic acids is 1. The Morgan fingerprint density at radius 3 is 2.48 bits per heavy atom. The lowest BCUT2D eigenvalue weighted by Gasteiger charge is -2.34. The van der Waals surface area contributed by atoms with Gasteiger partial charge in [-0.2, -0.15) is 4.31 Å². The van der Waals surface area contributed by atoms with Crippen molar-refractivity contribution < 1.29 is 22.7 Å². The van der Waals surface area contributed by atoms with Crippen LogP contribution in [0.3, 0.4) is 0 Å². The van der Waals surface area contributed by atoms with Crippen molar-refractivity contribution >= 4 is 27.0 Å². The zero-order valence-electron chi connectivity index (χ0n) is 17.7. The van der Waals surface area contributed by atoms with Gasteiger partial charge in [0.05, 0.1) is 22.1 Å². The highest BCUT2D eigenvalue weighted by Crippen LogP contribution is 2.33. The lowest BCUT2D eigenvalue weighted by atomic mass is 10.3. The summed E-state index contributed by atoms with van der Waals surface area (Å²) in [6.07, 6.45) is 1.20. The third kappa shape index (κ3) is 4.05. The Morgan fingerprint density at radius 1 is 0.970 bits per heavy atom. The summed E-state index contributed by atoms with van der Waals surface area (Å²) >= 11 is 0. The number of amides is 1. The third-order valence-electron chi connectivity index (χ3n) is 5.79. The van der Waals surface area contributed by atoms with E-state index in [0.29, 0.717) is 35.7 Å². The summed E-state index contributed by atoms with van der Waals surface area (Å²) in [4.78, 5) is 31.0. The molecule has 3 heterocycles. The fourth-order valence-corrected chi connectivity index (χ4v) is 5.46. The van der Waals surface area contributed by atoms with Crippen LogP contribution in [0.5, 0.6) is 11.5 Å². The molecule has 11 heteroatoms. The number of aromatic nitrogens is 2. The Hall–Kier alpha value is -3.44. The van der Waals surface area contributed by atoms with E-state index in [4.69, 9.17) is 9.47 Å². The molecule has 0 unspecified atom stereocenters. The number of nitrogens with zero attached hydrogens (tertiary/aromatic N) is 4. The van der Waals surface area contributed by atoms with Gasteiger partial charge in [-0.05, 0) is 24.3 Å². The number of benzene rings is 2. The fraction of sp³-hybridized carbons (Fsp3) is 0.318. The van der Waals surface area contributed by atoms with E-state index in [2.05, 4.69) is 4.98 Å². The highest BCUT2D eigenvalue weighted by Gasteiger charge is 2.31. The second-order valence-corrected chi connectivity index (χ2v) is 9.70. The van der Waals surface area contributed by atoms with E-state index >= 15 is 0 Å². The monoisotopic (exact) mass is 470 g/mol. The number of carbonyl (C=O) groups is 1. The molecule has 0 atom stereocenters. The van der Waals surface area contributed by atoms with Gasteiger partial charge < -0.3 is 14.4 Å². The number of hydrogen-bond acceptors (Lipinski definition) is 7. The lowest BCUT2D eigenvalue weighted by Crippen LogP contribution is -2.51. The molecule has 33 heavy (non-hydrogen) atoms. The molecule has 0 aliphatic carbocycles. The van der Waals surface area contributed by atoms with Crippen molar-refractivity contribution in [3.63, 3.8) is 0 Å². The molecule has 0 radical (unpaired) electrons.